The van der Waals surface area contributed by atoms with E-state index < -0.39 is 10.0 Å². The number of hydrogen-bond acceptors (Lipinski definition) is 5. The molecule has 1 atom stereocenters. The Hall–Kier alpha value is -1.35. The molecule has 1 unspecified atom stereocenters. The highest BCUT2D eigenvalue weighted by atomic mass is 35.5. The lowest BCUT2D eigenvalue weighted by atomic mass is 10.1. The number of ether oxygens (including phenoxy) is 1. The van der Waals surface area contributed by atoms with Crippen molar-refractivity contribution in [1.82, 2.24) is 4.31 Å². The number of hydrogen-bond donors (Lipinski definition) is 2. The van der Waals surface area contributed by atoms with Gasteiger partial charge in [0.15, 0.2) is 0 Å². The molecule has 1 aromatic carbocycles. The van der Waals surface area contributed by atoms with Gasteiger partial charge in [-0.05, 0) is 38.0 Å². The van der Waals surface area contributed by atoms with E-state index in [1.807, 2.05) is 0 Å². The number of halogens is 1. The third kappa shape index (κ3) is 5.07. The minimum atomic E-state index is -3.64. The van der Waals surface area contributed by atoms with Crippen LogP contribution in [0.4, 0.5) is 5.69 Å². The van der Waals surface area contributed by atoms with Crippen LogP contribution in [-0.2, 0) is 14.8 Å². The fraction of sp³-hybridized carbons (Fsp3) is 0.562. The first-order chi connectivity index (χ1) is 11.4. The molecular formula is C16H26ClN3O4S. The van der Waals surface area contributed by atoms with Crippen LogP contribution in [0.25, 0.3) is 0 Å². The minimum absolute atomic E-state index is 0. The summed E-state index contributed by atoms with van der Waals surface area (Å²) in [6, 6.07) is 4.67. The molecule has 142 valence electrons. The first kappa shape index (κ1) is 21.7. The lowest BCUT2D eigenvalue weighted by Crippen LogP contribution is -2.29. The van der Waals surface area contributed by atoms with Gasteiger partial charge in [0, 0.05) is 31.2 Å². The highest BCUT2D eigenvalue weighted by Gasteiger charge is 2.30. The highest BCUT2D eigenvalue weighted by Crippen LogP contribution is 2.31. The van der Waals surface area contributed by atoms with E-state index in [2.05, 4.69) is 5.32 Å². The average Bonchev–Trinajstić information content (AvgIpc) is 3.10. The van der Waals surface area contributed by atoms with Crippen molar-refractivity contribution in [2.45, 2.75) is 31.6 Å². The first-order valence-corrected chi connectivity index (χ1v) is 9.62. The monoisotopic (exact) mass is 391 g/mol. The number of nitrogens with one attached hydrogen (secondary N) is 1. The van der Waals surface area contributed by atoms with Crippen molar-refractivity contribution in [2.24, 2.45) is 11.7 Å². The van der Waals surface area contributed by atoms with Crippen LogP contribution in [0.1, 0.15) is 26.7 Å². The summed E-state index contributed by atoms with van der Waals surface area (Å²) in [7, 11) is -3.64. The molecule has 1 fully saturated rings. The predicted molar refractivity (Wildman–Crippen MR) is 99.7 cm³/mol. The van der Waals surface area contributed by atoms with Crippen molar-refractivity contribution in [3.8, 4) is 5.75 Å². The smallest absolute Gasteiger partial charge is 0.246 e. The number of amides is 1. The molecule has 0 spiro atoms. The average molecular weight is 392 g/mol. The molecule has 3 N–H and O–H groups in total. The molecule has 1 aliphatic heterocycles. The van der Waals surface area contributed by atoms with Gasteiger partial charge >= 0.3 is 0 Å². The van der Waals surface area contributed by atoms with Crippen LogP contribution in [0.3, 0.4) is 0 Å². The fourth-order valence-corrected chi connectivity index (χ4v) is 4.18. The number of sulfonamides is 1. The Kier molecular flexibility index (Phi) is 8.14. The van der Waals surface area contributed by atoms with Crippen LogP contribution >= 0.6 is 12.4 Å². The molecule has 1 aliphatic rings. The third-order valence-electron chi connectivity index (χ3n) is 4.00. The second-order valence-corrected chi connectivity index (χ2v) is 7.74. The van der Waals surface area contributed by atoms with Gasteiger partial charge in [0.25, 0.3) is 0 Å². The van der Waals surface area contributed by atoms with Crippen molar-refractivity contribution in [3.05, 3.63) is 18.2 Å². The lowest BCUT2D eigenvalue weighted by Gasteiger charge is -2.19. The molecular weight excluding hydrogens is 366 g/mol. The molecule has 1 aromatic rings. The molecule has 1 amide bonds. The van der Waals surface area contributed by atoms with Gasteiger partial charge in [0.1, 0.15) is 10.6 Å². The van der Waals surface area contributed by atoms with Gasteiger partial charge in [-0.3, -0.25) is 4.79 Å². The van der Waals surface area contributed by atoms with E-state index in [0.717, 1.165) is 12.8 Å². The SMILES string of the molecule is CCOc1ccc(NC(=O)C(C)CN)cc1S(=O)(=O)N1CCCC1.Cl. The Morgan fingerprint density at radius 1 is 1.36 bits per heavy atom. The van der Waals surface area contributed by atoms with Crippen LogP contribution in [0, 0.1) is 5.92 Å². The molecule has 2 rings (SSSR count). The number of benzene rings is 1. The zero-order valence-corrected chi connectivity index (χ0v) is 16.2. The van der Waals surface area contributed by atoms with Crippen LogP contribution < -0.4 is 15.8 Å². The number of carbonyl (C=O) groups excluding carboxylic acids is 1. The molecule has 7 nitrogen and oxygen atoms in total. The Morgan fingerprint density at radius 2 is 2.00 bits per heavy atom. The lowest BCUT2D eigenvalue weighted by molar-refractivity contribution is -0.119. The Bertz CT molecular complexity index is 691. The van der Waals surface area contributed by atoms with E-state index in [4.69, 9.17) is 10.5 Å². The highest BCUT2D eigenvalue weighted by molar-refractivity contribution is 7.89. The zero-order chi connectivity index (χ0) is 17.7. The van der Waals surface area contributed by atoms with Crippen LogP contribution in [-0.4, -0.2) is 44.9 Å². The van der Waals surface area contributed by atoms with Gasteiger partial charge in [-0.2, -0.15) is 4.31 Å². The van der Waals surface area contributed by atoms with E-state index in [1.54, 1.807) is 26.0 Å². The molecule has 9 heteroatoms. The summed E-state index contributed by atoms with van der Waals surface area (Å²) in [4.78, 5) is 12.1. The van der Waals surface area contributed by atoms with Crippen molar-refractivity contribution in [2.75, 3.05) is 31.6 Å². The number of carbonyl (C=O) groups is 1. The van der Waals surface area contributed by atoms with Gasteiger partial charge in [-0.1, -0.05) is 6.92 Å². The van der Waals surface area contributed by atoms with Gasteiger partial charge in [-0.25, -0.2) is 8.42 Å². The van der Waals surface area contributed by atoms with Crippen molar-refractivity contribution in [3.63, 3.8) is 0 Å². The summed E-state index contributed by atoms with van der Waals surface area (Å²) in [6.07, 6.45) is 1.71. The number of nitrogens with zero attached hydrogens (tertiary/aromatic N) is 1. The largest absolute Gasteiger partial charge is 0.492 e. The number of nitrogens with two attached hydrogens (primary N) is 1. The third-order valence-corrected chi connectivity index (χ3v) is 5.91. The Labute approximate surface area is 155 Å². The van der Waals surface area contributed by atoms with Gasteiger partial charge < -0.3 is 15.8 Å². The fourth-order valence-electron chi connectivity index (χ4n) is 2.50. The summed E-state index contributed by atoms with van der Waals surface area (Å²) >= 11 is 0. The maximum Gasteiger partial charge on any atom is 0.246 e. The van der Waals surface area contributed by atoms with Crippen molar-refractivity contribution in [1.29, 1.82) is 0 Å². The van der Waals surface area contributed by atoms with E-state index >= 15 is 0 Å². The van der Waals surface area contributed by atoms with Gasteiger partial charge in [0.05, 0.1) is 6.61 Å². The predicted octanol–water partition coefficient (Wildman–Crippen LogP) is 1.82. The molecule has 1 heterocycles. The molecule has 0 bridgehead atoms. The van der Waals surface area contributed by atoms with Crippen LogP contribution in [0.5, 0.6) is 5.75 Å². The maximum absolute atomic E-state index is 12.9. The topological polar surface area (TPSA) is 102 Å². The molecule has 0 aliphatic carbocycles. The van der Waals surface area contributed by atoms with Crippen molar-refractivity contribution < 1.29 is 17.9 Å². The molecule has 0 radical (unpaired) electrons. The Morgan fingerprint density at radius 3 is 2.56 bits per heavy atom. The number of rotatable bonds is 7. The van der Waals surface area contributed by atoms with Crippen LogP contribution in [0.2, 0.25) is 0 Å². The van der Waals surface area contributed by atoms with Gasteiger partial charge in [-0.15, -0.1) is 12.4 Å². The summed E-state index contributed by atoms with van der Waals surface area (Å²) in [5.74, 6) is -0.296. The first-order valence-electron chi connectivity index (χ1n) is 8.18. The van der Waals surface area contributed by atoms with E-state index in [1.165, 1.54) is 10.4 Å². The second kappa shape index (κ2) is 9.38. The summed E-state index contributed by atoms with van der Waals surface area (Å²) in [6.45, 7) is 5.11. The van der Waals surface area contributed by atoms with E-state index in [-0.39, 0.29) is 35.7 Å². The molecule has 0 saturated carbocycles. The molecule has 25 heavy (non-hydrogen) atoms. The van der Waals surface area contributed by atoms with Crippen molar-refractivity contribution >= 4 is 34.0 Å². The maximum atomic E-state index is 12.9. The normalized spacial score (nSPS) is 16.1. The standard InChI is InChI=1S/C16H25N3O4S.ClH/c1-3-23-14-7-6-13(18-16(20)12(2)11-17)10-15(14)24(21,22)19-8-4-5-9-19;/h6-7,10,12H,3-5,8-9,11,17H2,1-2H3,(H,18,20);1H. The molecule has 0 aromatic heterocycles. The molecule has 1 saturated heterocycles. The summed E-state index contributed by atoms with van der Waals surface area (Å²) in [5, 5.41) is 2.71. The Balaban J connectivity index is 0.00000312. The van der Waals surface area contributed by atoms with Crippen LogP contribution in [0.15, 0.2) is 23.1 Å². The van der Waals surface area contributed by atoms with E-state index in [9.17, 15) is 13.2 Å². The van der Waals surface area contributed by atoms with E-state index in [0.29, 0.717) is 31.1 Å². The van der Waals surface area contributed by atoms with Gasteiger partial charge in [0.2, 0.25) is 15.9 Å². The summed E-state index contributed by atoms with van der Waals surface area (Å²) < 4.78 is 32.7. The summed E-state index contributed by atoms with van der Waals surface area (Å²) in [5.41, 5.74) is 5.91. The second-order valence-electron chi connectivity index (χ2n) is 5.83. The minimum Gasteiger partial charge on any atom is -0.492 e. The zero-order valence-electron chi connectivity index (χ0n) is 14.5. The quantitative estimate of drug-likeness (QED) is 0.738. The number of anilines is 1.